The minimum absolute atomic E-state index is 0.0303. The lowest BCUT2D eigenvalue weighted by Gasteiger charge is -2.12. The van der Waals surface area contributed by atoms with Crippen LogP contribution in [0.5, 0.6) is 0 Å². The third-order valence-electron chi connectivity index (χ3n) is 5.04. The zero-order chi connectivity index (χ0) is 23.4. The number of rotatable bonds is 7. The average Bonchev–Trinajstić information content (AvgIpc) is 3.25. The van der Waals surface area contributed by atoms with E-state index in [1.165, 1.54) is 23.9 Å². The topological polar surface area (TPSA) is 103 Å². The van der Waals surface area contributed by atoms with Crippen molar-refractivity contribution < 1.29 is 9.72 Å². The zero-order valence-corrected chi connectivity index (χ0v) is 18.9. The maximum Gasteiger partial charge on any atom is 0.270 e. The maximum absolute atomic E-state index is 12.7. The Labute approximate surface area is 194 Å². The number of amides is 1. The number of nitro benzene ring substituents is 1. The van der Waals surface area contributed by atoms with E-state index in [4.69, 9.17) is 0 Å². The molecule has 0 aliphatic heterocycles. The van der Waals surface area contributed by atoms with Crippen LogP contribution in [0.2, 0.25) is 0 Å². The van der Waals surface area contributed by atoms with Crippen molar-refractivity contribution in [2.45, 2.75) is 19.0 Å². The first-order valence-electron chi connectivity index (χ1n) is 10.2. The van der Waals surface area contributed by atoms with E-state index in [-0.39, 0.29) is 17.3 Å². The normalized spacial score (nSPS) is 10.7. The number of carbonyl (C=O) groups excluding carboxylic acids is 1. The van der Waals surface area contributed by atoms with Crippen LogP contribution in [0.15, 0.2) is 78.0 Å². The van der Waals surface area contributed by atoms with Gasteiger partial charge in [0.2, 0.25) is 5.91 Å². The Morgan fingerprint density at radius 2 is 1.70 bits per heavy atom. The van der Waals surface area contributed by atoms with Crippen LogP contribution in [0.1, 0.15) is 11.1 Å². The second-order valence-corrected chi connectivity index (χ2v) is 8.33. The SMILES string of the molecule is Cc1cccc(C)c1NC(=O)CSc1nnc(-c2cccc([N+](=O)[O-])c2)n1-c1ccccc1. The second-order valence-electron chi connectivity index (χ2n) is 7.39. The summed E-state index contributed by atoms with van der Waals surface area (Å²) in [5.74, 6) is 0.438. The van der Waals surface area contributed by atoms with Gasteiger partial charge >= 0.3 is 0 Å². The number of nitrogens with zero attached hydrogens (tertiary/aromatic N) is 4. The summed E-state index contributed by atoms with van der Waals surface area (Å²) in [6.45, 7) is 3.90. The van der Waals surface area contributed by atoms with Gasteiger partial charge < -0.3 is 5.32 Å². The Morgan fingerprint density at radius 3 is 2.39 bits per heavy atom. The summed E-state index contributed by atoms with van der Waals surface area (Å²) in [5.41, 5.74) is 4.12. The van der Waals surface area contributed by atoms with E-state index in [9.17, 15) is 14.9 Å². The van der Waals surface area contributed by atoms with Crippen molar-refractivity contribution in [1.29, 1.82) is 0 Å². The van der Waals surface area contributed by atoms with Gasteiger partial charge in [-0.3, -0.25) is 19.5 Å². The second kappa shape index (κ2) is 9.66. The van der Waals surface area contributed by atoms with E-state index in [1.807, 2.05) is 62.4 Å². The number of hydrogen-bond donors (Lipinski definition) is 1. The van der Waals surface area contributed by atoms with Crippen molar-refractivity contribution in [1.82, 2.24) is 14.8 Å². The van der Waals surface area contributed by atoms with Crippen molar-refractivity contribution in [3.8, 4) is 17.1 Å². The van der Waals surface area contributed by atoms with E-state index >= 15 is 0 Å². The van der Waals surface area contributed by atoms with Gasteiger partial charge in [0.1, 0.15) is 0 Å². The molecule has 0 aliphatic rings. The highest BCUT2D eigenvalue weighted by Crippen LogP contribution is 2.30. The fraction of sp³-hybridized carbons (Fsp3) is 0.125. The number of aromatic nitrogens is 3. The van der Waals surface area contributed by atoms with Crippen LogP contribution >= 0.6 is 11.8 Å². The predicted octanol–water partition coefficient (Wildman–Crippen LogP) is 5.19. The number of para-hydroxylation sites is 2. The lowest BCUT2D eigenvalue weighted by Crippen LogP contribution is -2.16. The van der Waals surface area contributed by atoms with Gasteiger partial charge in [-0.15, -0.1) is 10.2 Å². The third-order valence-corrected chi connectivity index (χ3v) is 5.97. The van der Waals surface area contributed by atoms with Gasteiger partial charge in [0.15, 0.2) is 11.0 Å². The van der Waals surface area contributed by atoms with E-state index < -0.39 is 4.92 Å². The molecule has 4 rings (SSSR count). The first-order chi connectivity index (χ1) is 15.9. The zero-order valence-electron chi connectivity index (χ0n) is 18.1. The van der Waals surface area contributed by atoms with E-state index in [0.29, 0.717) is 16.5 Å². The minimum atomic E-state index is -0.444. The quantitative estimate of drug-likeness (QED) is 0.232. The molecule has 0 radical (unpaired) electrons. The minimum Gasteiger partial charge on any atom is -0.325 e. The molecule has 1 amide bonds. The monoisotopic (exact) mass is 459 g/mol. The molecule has 0 saturated heterocycles. The van der Waals surface area contributed by atoms with Gasteiger partial charge in [0.05, 0.1) is 10.7 Å². The molecule has 0 unspecified atom stereocenters. The summed E-state index contributed by atoms with van der Waals surface area (Å²) in [6, 6.07) is 21.6. The van der Waals surface area contributed by atoms with Crippen LogP contribution in [-0.2, 0) is 4.79 Å². The van der Waals surface area contributed by atoms with Crippen LogP contribution < -0.4 is 5.32 Å². The highest BCUT2D eigenvalue weighted by molar-refractivity contribution is 7.99. The van der Waals surface area contributed by atoms with Crippen LogP contribution in [0.4, 0.5) is 11.4 Å². The fourth-order valence-corrected chi connectivity index (χ4v) is 4.19. The summed E-state index contributed by atoms with van der Waals surface area (Å²) in [6.07, 6.45) is 0. The van der Waals surface area contributed by atoms with Gasteiger partial charge in [-0.05, 0) is 37.1 Å². The summed E-state index contributed by atoms with van der Waals surface area (Å²) in [4.78, 5) is 23.5. The number of nitro groups is 1. The summed E-state index contributed by atoms with van der Waals surface area (Å²) in [5, 5.41) is 23.3. The summed E-state index contributed by atoms with van der Waals surface area (Å²) in [7, 11) is 0. The molecule has 1 aromatic heterocycles. The Balaban J connectivity index is 1.63. The molecule has 3 aromatic carbocycles. The molecule has 0 fully saturated rings. The molecule has 9 heteroatoms. The maximum atomic E-state index is 12.7. The molecule has 0 aliphatic carbocycles. The third kappa shape index (κ3) is 4.93. The lowest BCUT2D eigenvalue weighted by molar-refractivity contribution is -0.384. The Kier molecular flexibility index (Phi) is 6.50. The summed E-state index contributed by atoms with van der Waals surface area (Å²) >= 11 is 1.25. The molecule has 4 aromatic rings. The van der Waals surface area contributed by atoms with E-state index in [0.717, 1.165) is 22.5 Å². The molecule has 1 heterocycles. The van der Waals surface area contributed by atoms with E-state index in [2.05, 4.69) is 15.5 Å². The van der Waals surface area contributed by atoms with Crippen LogP contribution in [0.3, 0.4) is 0 Å². The van der Waals surface area contributed by atoms with E-state index in [1.54, 1.807) is 16.7 Å². The van der Waals surface area contributed by atoms with Gasteiger partial charge in [-0.25, -0.2) is 0 Å². The average molecular weight is 460 g/mol. The molecular formula is C24H21N5O3S. The van der Waals surface area contributed by atoms with Crippen LogP contribution in [0, 0.1) is 24.0 Å². The summed E-state index contributed by atoms with van der Waals surface area (Å²) < 4.78 is 1.80. The molecule has 0 bridgehead atoms. The van der Waals surface area contributed by atoms with Gasteiger partial charge in [-0.1, -0.05) is 60.3 Å². The smallest absolute Gasteiger partial charge is 0.270 e. The van der Waals surface area contributed by atoms with Crippen molar-refractivity contribution in [3.63, 3.8) is 0 Å². The molecular weight excluding hydrogens is 438 g/mol. The number of non-ortho nitro benzene ring substituents is 1. The standard InChI is InChI=1S/C24H21N5O3S/c1-16-8-6-9-17(2)22(16)25-21(30)15-33-24-27-26-23(28(24)19-11-4-3-5-12-19)18-10-7-13-20(14-18)29(31)32/h3-14H,15H2,1-2H3,(H,25,30). The number of anilines is 1. The lowest BCUT2D eigenvalue weighted by atomic mass is 10.1. The van der Waals surface area contributed by atoms with Crippen LogP contribution in [-0.4, -0.2) is 31.3 Å². The highest BCUT2D eigenvalue weighted by Gasteiger charge is 2.19. The van der Waals surface area contributed by atoms with Crippen molar-refractivity contribution >= 4 is 29.0 Å². The van der Waals surface area contributed by atoms with Gasteiger partial charge in [-0.2, -0.15) is 0 Å². The van der Waals surface area contributed by atoms with Crippen molar-refractivity contribution in [2.24, 2.45) is 0 Å². The van der Waals surface area contributed by atoms with Gasteiger partial charge in [0.25, 0.3) is 5.69 Å². The number of nitrogens with one attached hydrogen (secondary N) is 1. The number of thioether (sulfide) groups is 1. The molecule has 1 N–H and O–H groups in total. The Bertz CT molecular complexity index is 1300. The van der Waals surface area contributed by atoms with Crippen molar-refractivity contribution in [2.75, 3.05) is 11.1 Å². The number of benzene rings is 3. The number of aryl methyl sites for hydroxylation is 2. The Morgan fingerprint density at radius 1 is 1.00 bits per heavy atom. The molecule has 0 saturated carbocycles. The highest BCUT2D eigenvalue weighted by atomic mass is 32.2. The number of carbonyl (C=O) groups is 1. The first kappa shape index (κ1) is 22.2. The molecule has 8 nitrogen and oxygen atoms in total. The van der Waals surface area contributed by atoms with Crippen LogP contribution in [0.25, 0.3) is 17.1 Å². The predicted molar refractivity (Wildman–Crippen MR) is 129 cm³/mol. The molecule has 166 valence electrons. The molecule has 33 heavy (non-hydrogen) atoms. The molecule has 0 atom stereocenters. The molecule has 0 spiro atoms. The first-order valence-corrected chi connectivity index (χ1v) is 11.2. The van der Waals surface area contributed by atoms with Gasteiger partial charge in [0, 0.05) is 29.1 Å². The van der Waals surface area contributed by atoms with Crippen molar-refractivity contribution in [3.05, 3.63) is 94.0 Å². The number of hydrogen-bond acceptors (Lipinski definition) is 6. The Hall–Kier alpha value is -3.98. The fourth-order valence-electron chi connectivity index (χ4n) is 3.44. The largest absolute Gasteiger partial charge is 0.325 e.